The summed E-state index contributed by atoms with van der Waals surface area (Å²) in [5, 5.41) is 10.6. The molecule has 0 aliphatic rings. The van der Waals surface area contributed by atoms with Crippen LogP contribution in [0.2, 0.25) is 0 Å². The van der Waals surface area contributed by atoms with Gasteiger partial charge in [-0.15, -0.1) is 0 Å². The average molecular weight is 1500 g/mol. The highest BCUT2D eigenvalue weighted by Crippen LogP contribution is 2.45. The Bertz CT molecular complexity index is 2490. The summed E-state index contributed by atoms with van der Waals surface area (Å²) in [6.45, 7) is 4.48. The summed E-state index contributed by atoms with van der Waals surface area (Å²) in [7, 11) is -10.0. The normalized spacial score (nSPS) is 14.6. The molecule has 0 aliphatic carbocycles. The Kier molecular flexibility index (Phi) is 72.9. The van der Waals surface area contributed by atoms with Crippen LogP contribution in [0, 0.1) is 0 Å². The Labute approximate surface area is 631 Å². The van der Waals surface area contributed by atoms with Crippen LogP contribution in [0.5, 0.6) is 0 Å². The lowest BCUT2D eigenvalue weighted by Gasteiger charge is -2.21. The molecule has 5 atom stereocenters. The highest BCUT2D eigenvalue weighted by Gasteiger charge is 2.30. The zero-order valence-corrected chi connectivity index (χ0v) is 66.9. The third-order valence-corrected chi connectivity index (χ3v) is 18.6. The fourth-order valence-electron chi connectivity index (χ4n) is 10.6. The zero-order valence-electron chi connectivity index (χ0n) is 65.2. The molecule has 0 aromatic carbocycles. The van der Waals surface area contributed by atoms with E-state index >= 15 is 0 Å². The van der Waals surface area contributed by atoms with Crippen molar-refractivity contribution in [2.45, 2.75) is 341 Å². The Morgan fingerprint density at radius 3 is 0.837 bits per heavy atom. The molecule has 5 unspecified atom stereocenters. The second kappa shape index (κ2) is 76.4. The van der Waals surface area contributed by atoms with Gasteiger partial charge in [-0.1, -0.05) is 341 Å². The van der Waals surface area contributed by atoms with E-state index in [9.17, 15) is 43.2 Å². The van der Waals surface area contributed by atoms with E-state index in [4.69, 9.17) is 37.0 Å². The highest BCUT2D eigenvalue weighted by atomic mass is 31.2. The molecule has 17 nitrogen and oxygen atoms in total. The van der Waals surface area contributed by atoms with E-state index in [1.807, 2.05) is 36.5 Å². The van der Waals surface area contributed by atoms with E-state index in [1.165, 1.54) is 128 Å². The number of hydrogen-bond donors (Lipinski definition) is 3. The van der Waals surface area contributed by atoms with Crippen molar-refractivity contribution in [3.8, 4) is 0 Å². The van der Waals surface area contributed by atoms with Crippen LogP contribution in [-0.4, -0.2) is 96.7 Å². The van der Waals surface area contributed by atoms with Gasteiger partial charge in [0.25, 0.3) is 0 Å². The summed E-state index contributed by atoms with van der Waals surface area (Å²) >= 11 is 0. The summed E-state index contributed by atoms with van der Waals surface area (Å²) in [6.07, 6.45) is 86.2. The standard InChI is InChI=1S/C85H144O17P2/c1-5-9-13-17-21-25-29-33-37-38-39-40-44-46-50-54-58-62-66-70-83(88)96-76-81(102-85(90)72-68-64-60-56-52-48-43-36-32-28-24-20-16-12-8-4)78-100-104(93,94)98-74-79(86)73-97-103(91,92)99-77-80(101-84(89)71-67-63-59-55-51-47-42-35-31-27-23-19-15-11-7-3)75-95-82(87)69-65-61-57-53-49-45-41-34-30-26-22-18-14-10-6-2/h9-10,13-14,21-22,25-26,33-34,37,39-41,46,49-50,53,58,61-62,65,79-81,86H,5-8,11-12,15-20,23-24,27-32,35-36,38,42-45,47-48,51-52,54-57,59-60,63-64,66-78H2,1-4H3,(H,91,92)(H,93,94)/b13-9-,14-10-,25-21-,26-22-,37-33-,40-39-,41-34-,50-46-,53-49-,62-58-,65-61-. The van der Waals surface area contributed by atoms with Crippen molar-refractivity contribution in [1.29, 1.82) is 0 Å². The predicted octanol–water partition coefficient (Wildman–Crippen LogP) is 23.7. The molecule has 0 aromatic heterocycles. The Hall–Kier alpha value is -4.80. The van der Waals surface area contributed by atoms with Gasteiger partial charge >= 0.3 is 39.5 Å². The van der Waals surface area contributed by atoms with E-state index in [0.717, 1.165) is 109 Å². The van der Waals surface area contributed by atoms with Gasteiger partial charge in [0.15, 0.2) is 12.2 Å². The summed E-state index contributed by atoms with van der Waals surface area (Å²) < 4.78 is 68.4. The fourth-order valence-corrected chi connectivity index (χ4v) is 12.2. The number of unbranched alkanes of at least 4 members (excludes halogenated alkanes) is 28. The Morgan fingerprint density at radius 1 is 0.288 bits per heavy atom. The largest absolute Gasteiger partial charge is 0.472 e. The number of rotatable bonds is 75. The van der Waals surface area contributed by atoms with Gasteiger partial charge < -0.3 is 33.8 Å². The summed E-state index contributed by atoms with van der Waals surface area (Å²) in [5.74, 6) is -2.41. The van der Waals surface area contributed by atoms with Crippen LogP contribution in [0.4, 0.5) is 0 Å². The molecule has 0 spiro atoms. The van der Waals surface area contributed by atoms with E-state index in [-0.39, 0.29) is 25.7 Å². The van der Waals surface area contributed by atoms with Crippen LogP contribution < -0.4 is 0 Å². The lowest BCUT2D eigenvalue weighted by molar-refractivity contribution is -0.161. The first-order chi connectivity index (χ1) is 50.7. The molecule has 596 valence electrons. The molecular weight excluding hydrogens is 1350 g/mol. The second-order valence-corrected chi connectivity index (χ2v) is 29.5. The minimum atomic E-state index is -5.00. The van der Waals surface area contributed by atoms with Crippen molar-refractivity contribution in [1.82, 2.24) is 0 Å². The van der Waals surface area contributed by atoms with Crippen LogP contribution in [0.3, 0.4) is 0 Å². The quantitative estimate of drug-likeness (QED) is 0.0169. The van der Waals surface area contributed by atoms with Crippen LogP contribution >= 0.6 is 15.6 Å². The molecule has 0 saturated heterocycles. The minimum Gasteiger partial charge on any atom is -0.462 e. The van der Waals surface area contributed by atoms with Crippen LogP contribution in [0.25, 0.3) is 0 Å². The summed E-state index contributed by atoms with van der Waals surface area (Å²) in [5.41, 5.74) is 0. The van der Waals surface area contributed by atoms with Crippen molar-refractivity contribution >= 4 is 39.5 Å². The maximum atomic E-state index is 13.1. The predicted molar refractivity (Wildman–Crippen MR) is 427 cm³/mol. The van der Waals surface area contributed by atoms with E-state index in [2.05, 4.69) is 119 Å². The molecule has 0 amide bonds. The van der Waals surface area contributed by atoms with E-state index in [1.54, 1.807) is 6.08 Å². The fraction of sp³-hybridized carbons (Fsp3) is 0.694. The number of carbonyl (C=O) groups is 4. The molecule has 0 saturated carbocycles. The first-order valence-electron chi connectivity index (χ1n) is 40.4. The first kappa shape index (κ1) is 99.2. The van der Waals surface area contributed by atoms with Gasteiger partial charge in [-0.05, 0) is 89.9 Å². The SMILES string of the molecule is CC/C=C\C/C=C\C/C=C\C/C=C\C/C=C\C/C=C\CCC(=O)OCC(COP(=O)(O)OCC(O)COP(=O)(O)OCC(COC(=O)C/C=C\C/C=C\C/C=C\C/C=C\C/C=C\CC)OC(=O)CCCCCCCCCCCCCCCCC)OC(=O)CCCCCCCCCCCCCCCCC. The van der Waals surface area contributed by atoms with Crippen molar-refractivity contribution in [3.05, 3.63) is 134 Å². The van der Waals surface area contributed by atoms with Gasteiger partial charge in [-0.3, -0.25) is 37.3 Å². The van der Waals surface area contributed by atoms with Gasteiger partial charge in [0.1, 0.15) is 19.3 Å². The maximum Gasteiger partial charge on any atom is 0.472 e. The van der Waals surface area contributed by atoms with Gasteiger partial charge in [0, 0.05) is 19.3 Å². The number of phosphoric ester groups is 2. The highest BCUT2D eigenvalue weighted by molar-refractivity contribution is 7.47. The lowest BCUT2D eigenvalue weighted by Crippen LogP contribution is -2.30. The Balaban J connectivity index is 5.47. The molecule has 0 radical (unpaired) electrons. The number of carbonyl (C=O) groups excluding carboxylic acids is 4. The van der Waals surface area contributed by atoms with Crippen LogP contribution in [-0.2, 0) is 65.4 Å². The lowest BCUT2D eigenvalue weighted by atomic mass is 10.0. The molecule has 0 aliphatic heterocycles. The number of ether oxygens (including phenoxy) is 4. The van der Waals surface area contributed by atoms with Crippen molar-refractivity contribution in [2.24, 2.45) is 0 Å². The second-order valence-electron chi connectivity index (χ2n) is 26.6. The topological polar surface area (TPSA) is 237 Å². The van der Waals surface area contributed by atoms with Gasteiger partial charge in [0.2, 0.25) is 0 Å². The van der Waals surface area contributed by atoms with Crippen molar-refractivity contribution < 1.29 is 80.2 Å². The molecule has 19 heteroatoms. The molecule has 0 aromatic rings. The van der Waals surface area contributed by atoms with Crippen LogP contribution in [0.15, 0.2) is 134 Å². The maximum absolute atomic E-state index is 13.1. The average Bonchev–Trinajstić information content (AvgIpc) is 0.918. The summed E-state index contributed by atoms with van der Waals surface area (Å²) in [4.78, 5) is 72.9. The smallest absolute Gasteiger partial charge is 0.462 e. The minimum absolute atomic E-state index is 0.0340. The molecule has 0 rings (SSSR count). The van der Waals surface area contributed by atoms with Crippen LogP contribution in [0.1, 0.15) is 323 Å². The number of phosphoric acid groups is 2. The number of hydrogen-bond acceptors (Lipinski definition) is 15. The van der Waals surface area contributed by atoms with Crippen molar-refractivity contribution in [3.63, 3.8) is 0 Å². The molecule has 3 N–H and O–H groups in total. The Morgan fingerprint density at radius 2 is 0.538 bits per heavy atom. The molecule has 0 fully saturated rings. The summed E-state index contributed by atoms with van der Waals surface area (Å²) in [6, 6.07) is 0. The van der Waals surface area contributed by atoms with Gasteiger partial charge in [0.05, 0.1) is 32.8 Å². The monoisotopic (exact) mass is 1500 g/mol. The van der Waals surface area contributed by atoms with Gasteiger partial charge in [-0.25, -0.2) is 9.13 Å². The molecular formula is C85H144O17P2. The zero-order chi connectivity index (χ0) is 76.0. The molecule has 0 heterocycles. The number of aliphatic hydroxyl groups is 1. The third-order valence-electron chi connectivity index (χ3n) is 16.7. The van der Waals surface area contributed by atoms with E-state index < -0.39 is 97.5 Å². The van der Waals surface area contributed by atoms with Gasteiger partial charge in [-0.2, -0.15) is 0 Å². The van der Waals surface area contributed by atoms with Crippen molar-refractivity contribution in [2.75, 3.05) is 39.6 Å². The van der Waals surface area contributed by atoms with E-state index in [0.29, 0.717) is 32.1 Å². The third kappa shape index (κ3) is 75.4. The molecule has 0 bridgehead atoms. The number of esters is 4. The number of allylic oxidation sites excluding steroid dienone is 21. The first-order valence-corrected chi connectivity index (χ1v) is 43.4. The number of aliphatic hydroxyl groups excluding tert-OH is 1. The molecule has 104 heavy (non-hydrogen) atoms.